The largest absolute Gasteiger partial charge is 0.293 e. The summed E-state index contributed by atoms with van der Waals surface area (Å²) in [4.78, 5) is 5.41. The first-order valence-electron chi connectivity index (χ1n) is 5.31. The van der Waals surface area contributed by atoms with Crippen molar-refractivity contribution in [1.29, 1.82) is 0 Å². The molecule has 0 aliphatic rings. The Morgan fingerprint density at radius 3 is 2.07 bits per heavy atom. The van der Waals surface area contributed by atoms with E-state index >= 15 is 0 Å². The Balaban J connectivity index is 2.64. The predicted molar refractivity (Wildman–Crippen MR) is 64.9 cm³/mol. The van der Waals surface area contributed by atoms with Crippen LogP contribution in [0.1, 0.15) is 37.4 Å². The van der Waals surface area contributed by atoms with E-state index in [9.17, 15) is 0 Å². The second-order valence-electron chi connectivity index (χ2n) is 4.37. The number of aryl methyl sites for hydroxylation is 1. The Morgan fingerprint density at radius 2 is 1.71 bits per heavy atom. The molecule has 0 amide bonds. The Kier molecular flexibility index (Phi) is 4.14. The third kappa shape index (κ3) is 3.10. The lowest BCUT2D eigenvalue weighted by molar-refractivity contribution is 0.167. The highest BCUT2D eigenvalue weighted by Crippen LogP contribution is 2.19. The van der Waals surface area contributed by atoms with Crippen LogP contribution in [0.5, 0.6) is 0 Å². The highest BCUT2D eigenvalue weighted by atomic mass is 32.1. The highest BCUT2D eigenvalue weighted by Gasteiger charge is 2.14. The fourth-order valence-electron chi connectivity index (χ4n) is 1.71. The van der Waals surface area contributed by atoms with Gasteiger partial charge < -0.3 is 0 Å². The van der Waals surface area contributed by atoms with E-state index in [1.807, 2.05) is 11.3 Å². The molecule has 0 aromatic carbocycles. The summed E-state index contributed by atoms with van der Waals surface area (Å²) in [6, 6.07) is 5.70. The Hall–Kier alpha value is -0.340. The molecule has 1 heterocycles. The van der Waals surface area contributed by atoms with Gasteiger partial charge in [0, 0.05) is 28.4 Å². The van der Waals surface area contributed by atoms with Gasteiger partial charge in [0.1, 0.15) is 0 Å². The highest BCUT2D eigenvalue weighted by molar-refractivity contribution is 7.11. The molecule has 0 saturated carbocycles. The quantitative estimate of drug-likeness (QED) is 0.734. The summed E-state index contributed by atoms with van der Waals surface area (Å²) < 4.78 is 0. The minimum atomic E-state index is 0.623. The van der Waals surface area contributed by atoms with Gasteiger partial charge >= 0.3 is 0 Å². The lowest BCUT2D eigenvalue weighted by Gasteiger charge is -2.29. The zero-order chi connectivity index (χ0) is 10.7. The van der Waals surface area contributed by atoms with Crippen molar-refractivity contribution in [1.82, 2.24) is 4.90 Å². The molecule has 0 radical (unpaired) electrons. The second kappa shape index (κ2) is 4.94. The molecule has 0 spiro atoms. The van der Waals surface area contributed by atoms with Gasteiger partial charge in [0.25, 0.3) is 0 Å². The maximum Gasteiger partial charge on any atom is 0.0333 e. The monoisotopic (exact) mass is 211 g/mol. The van der Waals surface area contributed by atoms with Crippen molar-refractivity contribution in [3.8, 4) is 0 Å². The second-order valence-corrected chi connectivity index (χ2v) is 5.74. The Labute approximate surface area is 91.8 Å². The summed E-state index contributed by atoms with van der Waals surface area (Å²) in [5.41, 5.74) is 0. The SMILES string of the molecule is Cc1ccc(CN(C(C)C)C(C)C)s1. The summed E-state index contributed by atoms with van der Waals surface area (Å²) >= 11 is 1.91. The Morgan fingerprint density at radius 1 is 1.14 bits per heavy atom. The molecule has 0 saturated heterocycles. The number of hydrogen-bond acceptors (Lipinski definition) is 2. The molecule has 1 rings (SSSR count). The van der Waals surface area contributed by atoms with Crippen LogP contribution in [0, 0.1) is 6.92 Å². The fraction of sp³-hybridized carbons (Fsp3) is 0.667. The number of rotatable bonds is 4. The van der Waals surface area contributed by atoms with Gasteiger partial charge in [0.15, 0.2) is 0 Å². The van der Waals surface area contributed by atoms with E-state index in [4.69, 9.17) is 0 Å². The van der Waals surface area contributed by atoms with Crippen LogP contribution >= 0.6 is 11.3 Å². The summed E-state index contributed by atoms with van der Waals surface area (Å²) in [7, 11) is 0. The third-order valence-corrected chi connectivity index (χ3v) is 3.45. The normalized spacial score (nSPS) is 12.0. The molecule has 2 heteroatoms. The lowest BCUT2D eigenvalue weighted by Crippen LogP contribution is -2.35. The Bertz CT molecular complexity index is 268. The van der Waals surface area contributed by atoms with Crippen LogP contribution in [0.2, 0.25) is 0 Å². The van der Waals surface area contributed by atoms with Crippen molar-refractivity contribution in [2.75, 3.05) is 0 Å². The van der Waals surface area contributed by atoms with E-state index in [-0.39, 0.29) is 0 Å². The van der Waals surface area contributed by atoms with Crippen LogP contribution < -0.4 is 0 Å². The van der Waals surface area contributed by atoms with E-state index in [0.29, 0.717) is 12.1 Å². The van der Waals surface area contributed by atoms with Crippen LogP contribution in [0.3, 0.4) is 0 Å². The maximum absolute atomic E-state index is 2.52. The molecule has 0 aliphatic heterocycles. The fourth-order valence-corrected chi connectivity index (χ4v) is 2.61. The van der Waals surface area contributed by atoms with Gasteiger partial charge in [0.2, 0.25) is 0 Å². The first-order valence-corrected chi connectivity index (χ1v) is 6.13. The van der Waals surface area contributed by atoms with Crippen molar-refractivity contribution in [2.45, 2.75) is 53.2 Å². The zero-order valence-corrected chi connectivity index (χ0v) is 10.7. The van der Waals surface area contributed by atoms with E-state index in [1.54, 1.807) is 0 Å². The van der Waals surface area contributed by atoms with Crippen molar-refractivity contribution in [2.24, 2.45) is 0 Å². The lowest BCUT2D eigenvalue weighted by atomic mass is 10.2. The van der Waals surface area contributed by atoms with Gasteiger partial charge in [-0.1, -0.05) is 0 Å². The van der Waals surface area contributed by atoms with Crippen LogP contribution in [-0.2, 0) is 6.54 Å². The molecule has 0 bridgehead atoms. The van der Waals surface area contributed by atoms with Gasteiger partial charge in [-0.05, 0) is 46.8 Å². The van der Waals surface area contributed by atoms with Crippen LogP contribution in [0.15, 0.2) is 12.1 Å². The third-order valence-electron chi connectivity index (χ3n) is 2.46. The molecule has 1 nitrogen and oxygen atoms in total. The first kappa shape index (κ1) is 11.7. The summed E-state index contributed by atoms with van der Waals surface area (Å²) in [5, 5.41) is 0. The van der Waals surface area contributed by atoms with E-state index in [1.165, 1.54) is 9.75 Å². The molecule has 14 heavy (non-hydrogen) atoms. The molecule has 1 aromatic rings. The van der Waals surface area contributed by atoms with Gasteiger partial charge in [-0.15, -0.1) is 11.3 Å². The number of hydrogen-bond donors (Lipinski definition) is 0. The number of nitrogens with zero attached hydrogens (tertiary/aromatic N) is 1. The molecule has 0 aliphatic carbocycles. The molecular weight excluding hydrogens is 190 g/mol. The van der Waals surface area contributed by atoms with Gasteiger partial charge in [-0.3, -0.25) is 4.90 Å². The zero-order valence-electron chi connectivity index (χ0n) is 9.87. The topological polar surface area (TPSA) is 3.24 Å². The molecule has 0 fully saturated rings. The van der Waals surface area contributed by atoms with E-state index < -0.39 is 0 Å². The van der Waals surface area contributed by atoms with Crippen molar-refractivity contribution in [3.05, 3.63) is 21.9 Å². The summed E-state index contributed by atoms with van der Waals surface area (Å²) in [6.45, 7) is 12.3. The molecular formula is C12H21NS. The number of thiophene rings is 1. The molecule has 80 valence electrons. The van der Waals surface area contributed by atoms with Gasteiger partial charge in [0.05, 0.1) is 0 Å². The molecule has 0 N–H and O–H groups in total. The minimum absolute atomic E-state index is 0.623. The standard InChI is InChI=1S/C12H21NS/c1-9(2)13(10(3)4)8-12-7-6-11(5)14-12/h6-7,9-10H,8H2,1-5H3. The van der Waals surface area contributed by atoms with Crippen LogP contribution in [0.25, 0.3) is 0 Å². The summed E-state index contributed by atoms with van der Waals surface area (Å²) in [6.07, 6.45) is 0. The first-order chi connectivity index (χ1) is 6.50. The van der Waals surface area contributed by atoms with Crippen LogP contribution in [-0.4, -0.2) is 17.0 Å². The van der Waals surface area contributed by atoms with Crippen molar-refractivity contribution >= 4 is 11.3 Å². The minimum Gasteiger partial charge on any atom is -0.293 e. The average Bonchev–Trinajstić information content (AvgIpc) is 2.46. The van der Waals surface area contributed by atoms with E-state index in [0.717, 1.165) is 6.54 Å². The average molecular weight is 211 g/mol. The molecule has 0 unspecified atom stereocenters. The van der Waals surface area contributed by atoms with E-state index in [2.05, 4.69) is 51.7 Å². The van der Waals surface area contributed by atoms with Gasteiger partial charge in [-0.25, -0.2) is 0 Å². The molecule has 1 aromatic heterocycles. The summed E-state index contributed by atoms with van der Waals surface area (Å²) in [5.74, 6) is 0. The maximum atomic E-state index is 2.52. The van der Waals surface area contributed by atoms with Crippen molar-refractivity contribution < 1.29 is 0 Å². The van der Waals surface area contributed by atoms with Crippen LogP contribution in [0.4, 0.5) is 0 Å². The van der Waals surface area contributed by atoms with Gasteiger partial charge in [-0.2, -0.15) is 0 Å². The smallest absolute Gasteiger partial charge is 0.0333 e. The molecule has 0 atom stereocenters. The van der Waals surface area contributed by atoms with Crippen molar-refractivity contribution in [3.63, 3.8) is 0 Å². The predicted octanol–water partition coefficient (Wildman–Crippen LogP) is 3.68.